The fraction of sp³-hybridized carbons (Fsp3) is 0.0526. The van der Waals surface area contributed by atoms with Crippen LogP contribution in [-0.2, 0) is 0 Å². The lowest BCUT2D eigenvalue weighted by atomic mass is 9.92. The van der Waals surface area contributed by atoms with Crippen LogP contribution in [0.1, 0.15) is 30.0 Å². The molecule has 13 rings (SSSR count). The SMILES string of the molecule is CC1C/C=C(c2ccc3c(oc4ccccc43)c2-n2c3ccccc3c3cc4ccccc4cc32)/N=C(c2ccc3ccccc3c2)\N=C/1c1cccc2c1sc1ccccc12. The Morgan fingerprint density at radius 3 is 2.11 bits per heavy atom. The van der Waals surface area contributed by atoms with E-state index in [2.05, 4.69) is 193 Å². The first-order valence-electron chi connectivity index (χ1n) is 21.3. The summed E-state index contributed by atoms with van der Waals surface area (Å²) in [5, 5.41) is 11.8. The molecule has 0 spiro atoms. The number of thiophene rings is 1. The van der Waals surface area contributed by atoms with Crippen LogP contribution in [0.3, 0.4) is 0 Å². The van der Waals surface area contributed by atoms with Crippen molar-refractivity contribution in [3.8, 4) is 5.69 Å². The number of nitrogens with zero attached hydrogens (tertiary/aromatic N) is 3. The first-order chi connectivity index (χ1) is 30.6. The molecular formula is C57H37N3OS. The smallest absolute Gasteiger partial charge is 0.160 e. The molecule has 3 aromatic heterocycles. The number of amidine groups is 1. The number of hydrogen-bond acceptors (Lipinski definition) is 4. The maximum atomic E-state index is 6.98. The molecule has 0 bridgehead atoms. The number of furan rings is 1. The lowest BCUT2D eigenvalue weighted by Crippen LogP contribution is -2.17. The number of fused-ring (bicyclic) bond motifs is 11. The number of aliphatic imine (C=N–C) groups is 2. The van der Waals surface area contributed by atoms with Crippen LogP contribution in [0, 0.1) is 5.92 Å². The molecule has 4 heterocycles. The van der Waals surface area contributed by atoms with E-state index in [0.29, 0.717) is 5.84 Å². The molecule has 0 fully saturated rings. The van der Waals surface area contributed by atoms with Gasteiger partial charge in [0.1, 0.15) is 5.58 Å². The molecule has 0 saturated heterocycles. The van der Waals surface area contributed by atoms with Crippen LogP contribution in [0.4, 0.5) is 0 Å². The normalized spacial score (nSPS) is 17.4. The number of hydrogen-bond donors (Lipinski definition) is 0. The number of aromatic nitrogens is 1. The molecule has 1 aliphatic heterocycles. The Balaban J connectivity index is 1.11. The molecule has 5 heteroatoms. The zero-order chi connectivity index (χ0) is 40.9. The Kier molecular flexibility index (Phi) is 7.78. The molecule has 12 aromatic rings. The van der Waals surface area contributed by atoms with Gasteiger partial charge >= 0.3 is 0 Å². The Morgan fingerprint density at radius 1 is 0.532 bits per heavy atom. The minimum absolute atomic E-state index is 0.0877. The van der Waals surface area contributed by atoms with Crippen molar-refractivity contribution in [2.75, 3.05) is 0 Å². The number of allylic oxidation sites excluding steroid dienone is 1. The van der Waals surface area contributed by atoms with Gasteiger partial charge in [-0.05, 0) is 76.5 Å². The Labute approximate surface area is 361 Å². The molecule has 62 heavy (non-hydrogen) atoms. The summed E-state index contributed by atoms with van der Waals surface area (Å²) in [6.45, 7) is 2.31. The molecule has 0 amide bonds. The van der Waals surface area contributed by atoms with Gasteiger partial charge in [-0.15, -0.1) is 11.3 Å². The van der Waals surface area contributed by atoms with E-state index in [-0.39, 0.29) is 5.92 Å². The topological polar surface area (TPSA) is 42.8 Å². The van der Waals surface area contributed by atoms with E-state index in [9.17, 15) is 0 Å². The highest BCUT2D eigenvalue weighted by molar-refractivity contribution is 7.26. The summed E-state index contributed by atoms with van der Waals surface area (Å²) in [5.41, 5.74) is 9.94. The fourth-order valence-corrected chi connectivity index (χ4v) is 11.0. The number of benzene rings is 9. The largest absolute Gasteiger partial charge is 0.454 e. The Morgan fingerprint density at radius 2 is 1.24 bits per heavy atom. The minimum atomic E-state index is 0.0877. The van der Waals surface area contributed by atoms with E-state index < -0.39 is 0 Å². The van der Waals surface area contributed by atoms with Crippen LogP contribution in [0.2, 0.25) is 0 Å². The molecule has 1 aliphatic rings. The van der Waals surface area contributed by atoms with Gasteiger partial charge in [-0.3, -0.25) is 0 Å². The average molecular weight is 812 g/mol. The number of rotatable bonds is 4. The van der Waals surface area contributed by atoms with E-state index in [1.165, 1.54) is 52.7 Å². The third-order valence-corrected chi connectivity index (χ3v) is 14.1. The summed E-state index contributed by atoms with van der Waals surface area (Å²) in [5.74, 6) is 0.773. The maximum absolute atomic E-state index is 6.98. The molecule has 4 nitrogen and oxygen atoms in total. The van der Waals surface area contributed by atoms with Gasteiger partial charge in [-0.1, -0.05) is 146 Å². The third kappa shape index (κ3) is 5.38. The van der Waals surface area contributed by atoms with E-state index >= 15 is 0 Å². The van der Waals surface area contributed by atoms with Crippen LogP contribution in [-0.4, -0.2) is 16.1 Å². The van der Waals surface area contributed by atoms with Gasteiger partial charge in [-0.2, -0.15) is 0 Å². The third-order valence-electron chi connectivity index (χ3n) is 12.8. The summed E-state index contributed by atoms with van der Waals surface area (Å²) in [7, 11) is 0. The van der Waals surface area contributed by atoms with E-state index in [0.717, 1.165) is 73.0 Å². The first kappa shape index (κ1) is 35.2. The molecule has 1 unspecified atom stereocenters. The van der Waals surface area contributed by atoms with Gasteiger partial charge in [0.2, 0.25) is 0 Å². The van der Waals surface area contributed by atoms with E-state index in [1.807, 2.05) is 17.4 Å². The summed E-state index contributed by atoms with van der Waals surface area (Å²) in [6.07, 6.45) is 3.08. The zero-order valence-electron chi connectivity index (χ0n) is 33.8. The molecule has 9 aromatic carbocycles. The van der Waals surface area contributed by atoms with Crippen molar-refractivity contribution in [1.82, 2.24) is 4.57 Å². The van der Waals surface area contributed by atoms with Gasteiger partial charge in [-0.25, -0.2) is 9.98 Å². The van der Waals surface area contributed by atoms with Gasteiger partial charge in [0.25, 0.3) is 0 Å². The van der Waals surface area contributed by atoms with Crippen molar-refractivity contribution in [1.29, 1.82) is 0 Å². The average Bonchev–Trinajstić information content (AvgIpc) is 3.99. The standard InChI is InChI=1S/C57H37N3OS/c1-34-25-30-48(58-57(39-27-26-35-13-2-3-14-36(35)31-39)59-53(34)46-21-12-20-44-42-19-8-11-24-52(42)62-56(44)46)45-29-28-43-41-18-7-10-23-51(41)61-55(43)54(45)60-49-22-9-6-17-40(49)47-32-37-15-4-5-16-38(37)33-50(47)60/h2-24,26-34H,25H2,1H3/b48-30+,58-57-,59-53+. The van der Waals surface area contributed by atoms with Crippen molar-refractivity contribution in [2.24, 2.45) is 15.9 Å². The quantitative estimate of drug-likeness (QED) is 0.175. The lowest BCUT2D eigenvalue weighted by Gasteiger charge is -2.20. The highest BCUT2D eigenvalue weighted by atomic mass is 32.1. The van der Waals surface area contributed by atoms with Gasteiger partial charge in [0.15, 0.2) is 11.4 Å². The molecule has 0 radical (unpaired) electrons. The predicted octanol–water partition coefficient (Wildman–Crippen LogP) is 15.7. The van der Waals surface area contributed by atoms with Crippen LogP contribution in [0.15, 0.2) is 202 Å². The van der Waals surface area contributed by atoms with E-state index in [4.69, 9.17) is 14.4 Å². The molecule has 0 aliphatic carbocycles. The summed E-state index contributed by atoms with van der Waals surface area (Å²) in [4.78, 5) is 11.4. The van der Waals surface area contributed by atoms with Crippen molar-refractivity contribution in [2.45, 2.75) is 13.3 Å². The minimum Gasteiger partial charge on any atom is -0.454 e. The summed E-state index contributed by atoms with van der Waals surface area (Å²) < 4.78 is 11.9. The van der Waals surface area contributed by atoms with Gasteiger partial charge in [0, 0.05) is 64.3 Å². The number of para-hydroxylation sites is 2. The maximum Gasteiger partial charge on any atom is 0.160 e. The molecule has 292 valence electrons. The van der Waals surface area contributed by atoms with Gasteiger partial charge in [0.05, 0.1) is 28.1 Å². The lowest BCUT2D eigenvalue weighted by molar-refractivity contribution is 0.666. The van der Waals surface area contributed by atoms with Crippen molar-refractivity contribution < 1.29 is 4.42 Å². The molecule has 0 N–H and O–H groups in total. The fourth-order valence-electron chi connectivity index (χ4n) is 9.81. The van der Waals surface area contributed by atoms with Gasteiger partial charge < -0.3 is 8.98 Å². The van der Waals surface area contributed by atoms with Crippen LogP contribution < -0.4 is 0 Å². The predicted molar refractivity (Wildman–Crippen MR) is 264 cm³/mol. The second-order valence-corrected chi connectivity index (χ2v) is 17.6. The summed E-state index contributed by atoms with van der Waals surface area (Å²) in [6, 6.07) is 65.4. The van der Waals surface area contributed by atoms with Crippen molar-refractivity contribution in [3.63, 3.8) is 0 Å². The van der Waals surface area contributed by atoms with E-state index in [1.54, 1.807) is 0 Å². The highest BCUT2D eigenvalue weighted by Gasteiger charge is 2.26. The van der Waals surface area contributed by atoms with Crippen LogP contribution >= 0.6 is 11.3 Å². The van der Waals surface area contributed by atoms with Crippen LogP contribution in [0.25, 0.3) is 96.8 Å². The highest BCUT2D eigenvalue weighted by Crippen LogP contribution is 2.44. The molecule has 0 saturated carbocycles. The first-order valence-corrected chi connectivity index (χ1v) is 22.1. The Hall–Kier alpha value is -7.60. The summed E-state index contributed by atoms with van der Waals surface area (Å²) >= 11 is 1.85. The monoisotopic (exact) mass is 811 g/mol. The molecular weight excluding hydrogens is 775 g/mol. The van der Waals surface area contributed by atoms with Crippen molar-refractivity contribution in [3.05, 3.63) is 205 Å². The Bertz CT molecular complexity index is 3930. The zero-order valence-corrected chi connectivity index (χ0v) is 34.7. The second kappa shape index (κ2) is 13.7. The molecule has 1 atom stereocenters. The second-order valence-electron chi connectivity index (χ2n) is 16.5. The van der Waals surface area contributed by atoms with Crippen LogP contribution in [0.5, 0.6) is 0 Å². The van der Waals surface area contributed by atoms with Crippen molar-refractivity contribution >= 4 is 114 Å².